The van der Waals surface area contributed by atoms with Crippen LogP contribution in [-0.4, -0.2) is 11.6 Å². The summed E-state index contributed by atoms with van der Waals surface area (Å²) < 4.78 is 19.5. The Labute approximate surface area is 122 Å². The highest BCUT2D eigenvalue weighted by atomic mass is 19.1. The first-order valence-corrected chi connectivity index (χ1v) is 7.33. The van der Waals surface area contributed by atoms with Crippen LogP contribution in [0.15, 0.2) is 18.2 Å². The van der Waals surface area contributed by atoms with Gasteiger partial charge in [-0.1, -0.05) is 19.9 Å². The van der Waals surface area contributed by atoms with Gasteiger partial charge in [0.15, 0.2) is 0 Å². The van der Waals surface area contributed by atoms with Crippen molar-refractivity contribution in [2.24, 2.45) is 5.92 Å². The second kappa shape index (κ2) is 7.19. The predicted octanol–water partition coefficient (Wildman–Crippen LogP) is 4.27. The first kappa shape index (κ1) is 17.1. The fourth-order valence-electron chi connectivity index (χ4n) is 1.63. The summed E-state index contributed by atoms with van der Waals surface area (Å²) >= 11 is 0. The van der Waals surface area contributed by atoms with Crippen molar-refractivity contribution in [3.05, 3.63) is 35.1 Å². The molecular weight excluding hydrogens is 253 g/mol. The lowest BCUT2D eigenvalue weighted by Crippen LogP contribution is -2.35. The van der Waals surface area contributed by atoms with Crippen molar-refractivity contribution < 1.29 is 9.13 Å². The fourth-order valence-corrected chi connectivity index (χ4v) is 1.63. The third-order valence-electron chi connectivity index (χ3n) is 3.37. The van der Waals surface area contributed by atoms with Gasteiger partial charge in [0.25, 0.3) is 0 Å². The minimum atomic E-state index is -0.194. The number of benzene rings is 1. The molecule has 0 aliphatic rings. The first-order valence-electron chi connectivity index (χ1n) is 7.33. The largest absolute Gasteiger partial charge is 0.373 e. The highest BCUT2D eigenvalue weighted by Gasteiger charge is 2.12. The molecule has 0 aliphatic carbocycles. The zero-order valence-corrected chi connectivity index (χ0v) is 13.6. The van der Waals surface area contributed by atoms with Gasteiger partial charge in [-0.25, -0.2) is 4.39 Å². The molecule has 0 aromatic heterocycles. The molecule has 114 valence electrons. The van der Waals surface area contributed by atoms with Crippen LogP contribution in [0.25, 0.3) is 0 Å². The van der Waals surface area contributed by atoms with E-state index in [-0.39, 0.29) is 17.5 Å². The number of ether oxygens (including phenoxy) is 1. The van der Waals surface area contributed by atoms with Gasteiger partial charge in [0.2, 0.25) is 0 Å². The zero-order valence-electron chi connectivity index (χ0n) is 13.6. The van der Waals surface area contributed by atoms with Crippen LogP contribution in [0.4, 0.5) is 4.39 Å². The minimum Gasteiger partial charge on any atom is -0.373 e. The Morgan fingerprint density at radius 2 is 1.85 bits per heavy atom. The standard InChI is InChI=1S/C17H28FNO/c1-12(2)13(3)20-11-15-9-14(7-8-16(15)18)10-19-17(4,5)6/h7-9,12-13,19H,10-11H2,1-6H3. The summed E-state index contributed by atoms with van der Waals surface area (Å²) in [5, 5.41) is 3.40. The molecule has 20 heavy (non-hydrogen) atoms. The lowest BCUT2D eigenvalue weighted by atomic mass is 10.1. The molecular formula is C17H28FNO. The maximum absolute atomic E-state index is 13.8. The molecule has 2 nitrogen and oxygen atoms in total. The summed E-state index contributed by atoms with van der Waals surface area (Å²) in [6.07, 6.45) is 0.130. The normalized spacial score (nSPS) is 13.8. The molecule has 1 unspecified atom stereocenters. The molecule has 0 spiro atoms. The average molecular weight is 281 g/mol. The first-order chi connectivity index (χ1) is 9.19. The zero-order chi connectivity index (χ0) is 15.3. The van der Waals surface area contributed by atoms with Crippen LogP contribution in [0.1, 0.15) is 52.7 Å². The van der Waals surface area contributed by atoms with E-state index >= 15 is 0 Å². The van der Waals surface area contributed by atoms with Crippen LogP contribution in [0, 0.1) is 11.7 Å². The SMILES string of the molecule is CC(C)C(C)OCc1cc(CNC(C)(C)C)ccc1F. The van der Waals surface area contributed by atoms with Crippen molar-refractivity contribution in [1.82, 2.24) is 5.32 Å². The van der Waals surface area contributed by atoms with Gasteiger partial charge in [0.05, 0.1) is 12.7 Å². The summed E-state index contributed by atoms with van der Waals surface area (Å²) in [7, 11) is 0. The Morgan fingerprint density at radius 3 is 2.40 bits per heavy atom. The van der Waals surface area contributed by atoms with Gasteiger partial charge in [0.1, 0.15) is 5.82 Å². The molecule has 0 radical (unpaired) electrons. The fraction of sp³-hybridized carbons (Fsp3) is 0.647. The second-order valence-electron chi connectivity index (χ2n) is 6.79. The summed E-state index contributed by atoms with van der Waals surface area (Å²) in [4.78, 5) is 0. The van der Waals surface area contributed by atoms with E-state index in [1.807, 2.05) is 19.1 Å². The molecule has 1 aromatic carbocycles. The van der Waals surface area contributed by atoms with Crippen molar-refractivity contribution in [3.8, 4) is 0 Å². The third kappa shape index (κ3) is 6.02. The van der Waals surface area contributed by atoms with Crippen LogP contribution >= 0.6 is 0 Å². The number of hydrogen-bond acceptors (Lipinski definition) is 2. The number of halogens is 1. The topological polar surface area (TPSA) is 21.3 Å². The van der Waals surface area contributed by atoms with Crippen molar-refractivity contribution in [3.63, 3.8) is 0 Å². The lowest BCUT2D eigenvalue weighted by Gasteiger charge is -2.21. The molecule has 1 aromatic rings. The van der Waals surface area contributed by atoms with Gasteiger partial charge in [-0.05, 0) is 51.3 Å². The quantitative estimate of drug-likeness (QED) is 0.840. The minimum absolute atomic E-state index is 0.0528. The smallest absolute Gasteiger partial charge is 0.128 e. The highest BCUT2D eigenvalue weighted by molar-refractivity contribution is 5.24. The Balaban J connectivity index is 2.66. The Morgan fingerprint density at radius 1 is 1.20 bits per heavy atom. The van der Waals surface area contributed by atoms with Crippen LogP contribution < -0.4 is 5.32 Å². The molecule has 0 fully saturated rings. The van der Waals surface area contributed by atoms with E-state index in [0.717, 1.165) is 12.1 Å². The number of hydrogen-bond donors (Lipinski definition) is 1. The summed E-state index contributed by atoms with van der Waals surface area (Å²) in [5.74, 6) is 0.240. The van der Waals surface area contributed by atoms with Crippen molar-refractivity contribution in [2.45, 2.75) is 66.3 Å². The predicted molar refractivity (Wildman–Crippen MR) is 82.1 cm³/mol. The lowest BCUT2D eigenvalue weighted by molar-refractivity contribution is 0.0221. The second-order valence-corrected chi connectivity index (χ2v) is 6.79. The molecule has 1 N–H and O–H groups in total. The van der Waals surface area contributed by atoms with E-state index in [1.165, 1.54) is 6.07 Å². The van der Waals surface area contributed by atoms with E-state index in [1.54, 1.807) is 0 Å². The summed E-state index contributed by atoms with van der Waals surface area (Å²) in [6.45, 7) is 13.6. The van der Waals surface area contributed by atoms with E-state index in [4.69, 9.17) is 4.74 Å². The van der Waals surface area contributed by atoms with Crippen molar-refractivity contribution in [2.75, 3.05) is 0 Å². The van der Waals surface area contributed by atoms with E-state index < -0.39 is 0 Å². The molecule has 0 saturated carbocycles. The maximum Gasteiger partial charge on any atom is 0.128 e. The number of nitrogens with one attached hydrogen (secondary N) is 1. The Hall–Kier alpha value is -0.930. The molecule has 3 heteroatoms. The van der Waals surface area contributed by atoms with Gasteiger partial charge in [0, 0.05) is 17.6 Å². The molecule has 0 saturated heterocycles. The Kier molecular flexibility index (Phi) is 6.15. The van der Waals surface area contributed by atoms with Crippen LogP contribution in [0.5, 0.6) is 0 Å². The molecule has 0 aliphatic heterocycles. The van der Waals surface area contributed by atoms with Crippen LogP contribution in [0.3, 0.4) is 0 Å². The molecule has 1 atom stereocenters. The highest BCUT2D eigenvalue weighted by Crippen LogP contribution is 2.15. The van der Waals surface area contributed by atoms with E-state index in [9.17, 15) is 4.39 Å². The van der Waals surface area contributed by atoms with E-state index in [0.29, 0.717) is 18.1 Å². The third-order valence-corrected chi connectivity index (χ3v) is 3.37. The number of rotatable bonds is 6. The Bertz CT molecular complexity index is 423. The van der Waals surface area contributed by atoms with Crippen molar-refractivity contribution >= 4 is 0 Å². The molecule has 0 bridgehead atoms. The monoisotopic (exact) mass is 281 g/mol. The van der Waals surface area contributed by atoms with Gasteiger partial charge in [-0.3, -0.25) is 0 Å². The van der Waals surface area contributed by atoms with Gasteiger partial charge < -0.3 is 10.1 Å². The summed E-state index contributed by atoms with van der Waals surface area (Å²) in [5.41, 5.74) is 1.76. The van der Waals surface area contributed by atoms with Crippen molar-refractivity contribution in [1.29, 1.82) is 0 Å². The van der Waals surface area contributed by atoms with Crippen LogP contribution in [-0.2, 0) is 17.9 Å². The summed E-state index contributed by atoms with van der Waals surface area (Å²) in [6, 6.07) is 5.24. The van der Waals surface area contributed by atoms with Crippen LogP contribution in [0.2, 0.25) is 0 Å². The van der Waals surface area contributed by atoms with Gasteiger partial charge in [-0.2, -0.15) is 0 Å². The maximum atomic E-state index is 13.8. The van der Waals surface area contributed by atoms with Gasteiger partial charge in [-0.15, -0.1) is 0 Å². The molecule has 1 rings (SSSR count). The average Bonchev–Trinajstić information content (AvgIpc) is 2.34. The van der Waals surface area contributed by atoms with Gasteiger partial charge >= 0.3 is 0 Å². The van der Waals surface area contributed by atoms with E-state index in [2.05, 4.69) is 39.9 Å². The molecule has 0 heterocycles. The molecule has 0 amide bonds.